The van der Waals surface area contributed by atoms with E-state index in [1.165, 1.54) is 13.1 Å². The van der Waals surface area contributed by atoms with Crippen LogP contribution in [0.4, 0.5) is 13.2 Å². The van der Waals surface area contributed by atoms with Gasteiger partial charge in [-0.1, -0.05) is 0 Å². The highest BCUT2D eigenvalue weighted by molar-refractivity contribution is 5.94. The molecule has 3 rings (SSSR count). The molecule has 0 fully saturated rings. The largest absolute Gasteiger partial charge is 0.427 e. The first-order valence-corrected chi connectivity index (χ1v) is 8.27. The van der Waals surface area contributed by atoms with Crippen LogP contribution in [0.1, 0.15) is 40.7 Å². The molecule has 0 aliphatic heterocycles. The van der Waals surface area contributed by atoms with Gasteiger partial charge in [0.15, 0.2) is 5.78 Å². The van der Waals surface area contributed by atoms with Gasteiger partial charge in [0.25, 0.3) is 0 Å². The fourth-order valence-corrected chi connectivity index (χ4v) is 2.73. The summed E-state index contributed by atoms with van der Waals surface area (Å²) in [5, 5.41) is 7.05. The van der Waals surface area contributed by atoms with Gasteiger partial charge in [0.2, 0.25) is 0 Å². The number of allylic oxidation sites excluding steroid dienone is 2. The lowest BCUT2D eigenvalue weighted by molar-refractivity contribution is -0.137. The van der Waals surface area contributed by atoms with Crippen molar-refractivity contribution in [2.75, 3.05) is 0 Å². The topological polar surface area (TPSA) is 96.1 Å². The summed E-state index contributed by atoms with van der Waals surface area (Å²) in [4.78, 5) is 35.8. The maximum atomic E-state index is 13.1. The zero-order valence-corrected chi connectivity index (χ0v) is 14.7. The fourth-order valence-electron chi connectivity index (χ4n) is 2.73. The van der Waals surface area contributed by atoms with Crippen LogP contribution in [0.25, 0.3) is 0 Å². The summed E-state index contributed by atoms with van der Waals surface area (Å²) in [6.45, 7) is -0.404. The minimum Gasteiger partial charge on any atom is -0.427 e. The number of aromatic nitrogens is 4. The lowest BCUT2D eigenvalue weighted by Gasteiger charge is -2.15. The number of halogens is 3. The first-order chi connectivity index (χ1) is 13.1. The lowest BCUT2D eigenvalue weighted by atomic mass is 10.0. The zero-order chi connectivity index (χ0) is 20.5. The molecule has 0 radical (unpaired) electrons. The van der Waals surface area contributed by atoms with Gasteiger partial charge in [0.1, 0.15) is 5.76 Å². The SMILES string of the molecule is Cn1nnn(Cc2cc(C(F)(F)F)ccc2C(=O)OC2=CC(=O)CCC2)c1=O. The molecule has 1 aromatic carbocycles. The average molecular weight is 396 g/mol. The molecule has 1 aliphatic rings. The molecule has 2 aromatic rings. The Balaban J connectivity index is 1.97. The molecule has 0 atom stereocenters. The highest BCUT2D eigenvalue weighted by Crippen LogP contribution is 2.31. The van der Waals surface area contributed by atoms with Crippen LogP contribution < -0.4 is 5.69 Å². The van der Waals surface area contributed by atoms with E-state index in [-0.39, 0.29) is 22.7 Å². The second kappa shape index (κ2) is 7.41. The number of aryl methyl sites for hydroxylation is 1. The molecule has 1 aliphatic carbocycles. The Hall–Kier alpha value is -3.24. The molecule has 0 spiro atoms. The minimum absolute atomic E-state index is 0.106. The summed E-state index contributed by atoms with van der Waals surface area (Å²) in [6.07, 6.45) is -2.19. The molecule has 11 heteroatoms. The van der Waals surface area contributed by atoms with E-state index >= 15 is 0 Å². The molecular weight excluding hydrogens is 381 g/mol. The Bertz CT molecular complexity index is 1020. The Morgan fingerprint density at radius 1 is 1.21 bits per heavy atom. The third kappa shape index (κ3) is 4.18. The van der Waals surface area contributed by atoms with Gasteiger partial charge in [0.05, 0.1) is 17.7 Å². The van der Waals surface area contributed by atoms with E-state index in [1.54, 1.807) is 0 Å². The van der Waals surface area contributed by atoms with E-state index in [2.05, 4.69) is 10.4 Å². The van der Waals surface area contributed by atoms with Gasteiger partial charge in [-0.3, -0.25) is 4.79 Å². The Morgan fingerprint density at radius 2 is 1.96 bits per heavy atom. The number of nitrogens with zero attached hydrogens (tertiary/aromatic N) is 4. The van der Waals surface area contributed by atoms with Crippen LogP contribution in [0.15, 0.2) is 34.8 Å². The van der Waals surface area contributed by atoms with Crippen LogP contribution in [0.5, 0.6) is 0 Å². The number of rotatable bonds is 4. The third-order valence-electron chi connectivity index (χ3n) is 4.14. The monoisotopic (exact) mass is 396 g/mol. The number of ketones is 1. The van der Waals surface area contributed by atoms with Gasteiger partial charge in [-0.15, -0.1) is 0 Å². The Morgan fingerprint density at radius 3 is 2.57 bits per heavy atom. The summed E-state index contributed by atoms with van der Waals surface area (Å²) < 4.78 is 46.1. The van der Waals surface area contributed by atoms with Gasteiger partial charge in [-0.25, -0.2) is 9.59 Å². The third-order valence-corrected chi connectivity index (χ3v) is 4.14. The quantitative estimate of drug-likeness (QED) is 0.732. The highest BCUT2D eigenvalue weighted by atomic mass is 19.4. The van der Waals surface area contributed by atoms with E-state index in [0.717, 1.165) is 27.6 Å². The zero-order valence-electron chi connectivity index (χ0n) is 14.7. The van der Waals surface area contributed by atoms with Crippen LogP contribution in [0, 0.1) is 0 Å². The van der Waals surface area contributed by atoms with Crippen molar-refractivity contribution in [2.24, 2.45) is 7.05 Å². The van der Waals surface area contributed by atoms with Crippen molar-refractivity contribution < 1.29 is 27.5 Å². The van der Waals surface area contributed by atoms with Gasteiger partial charge in [-0.2, -0.15) is 22.5 Å². The Labute approximate surface area is 156 Å². The fraction of sp³-hybridized carbons (Fsp3) is 0.353. The molecule has 0 saturated carbocycles. The number of hydrogen-bond acceptors (Lipinski definition) is 6. The number of alkyl halides is 3. The van der Waals surface area contributed by atoms with Gasteiger partial charge < -0.3 is 4.74 Å². The summed E-state index contributed by atoms with van der Waals surface area (Å²) in [7, 11) is 1.33. The van der Waals surface area contributed by atoms with Crippen molar-refractivity contribution in [2.45, 2.75) is 32.0 Å². The summed E-state index contributed by atoms with van der Waals surface area (Å²) in [5.74, 6) is -0.946. The van der Waals surface area contributed by atoms with Crippen molar-refractivity contribution >= 4 is 11.8 Å². The lowest BCUT2D eigenvalue weighted by Crippen LogP contribution is -2.25. The second-order valence-corrected chi connectivity index (χ2v) is 6.23. The molecule has 0 saturated heterocycles. The van der Waals surface area contributed by atoms with E-state index < -0.39 is 29.9 Å². The number of carbonyl (C=O) groups excluding carboxylic acids is 2. The molecule has 28 heavy (non-hydrogen) atoms. The molecule has 0 unspecified atom stereocenters. The van der Waals surface area contributed by atoms with Crippen molar-refractivity contribution in [3.05, 3.63) is 57.2 Å². The van der Waals surface area contributed by atoms with E-state index in [9.17, 15) is 27.6 Å². The van der Waals surface area contributed by atoms with E-state index in [0.29, 0.717) is 19.3 Å². The minimum atomic E-state index is -4.64. The molecule has 148 valence electrons. The van der Waals surface area contributed by atoms with Crippen LogP contribution in [0.3, 0.4) is 0 Å². The van der Waals surface area contributed by atoms with Gasteiger partial charge in [-0.05, 0) is 40.6 Å². The first-order valence-electron chi connectivity index (χ1n) is 8.27. The second-order valence-electron chi connectivity index (χ2n) is 6.23. The van der Waals surface area contributed by atoms with Crippen molar-refractivity contribution in [1.29, 1.82) is 0 Å². The van der Waals surface area contributed by atoms with Crippen molar-refractivity contribution in [3.8, 4) is 0 Å². The van der Waals surface area contributed by atoms with Crippen LogP contribution in [-0.4, -0.2) is 31.5 Å². The van der Waals surface area contributed by atoms with Crippen molar-refractivity contribution in [1.82, 2.24) is 19.8 Å². The highest BCUT2D eigenvalue weighted by Gasteiger charge is 2.32. The van der Waals surface area contributed by atoms with E-state index in [1.807, 2.05) is 0 Å². The molecule has 0 bridgehead atoms. The smallest absolute Gasteiger partial charge is 0.416 e. The van der Waals surface area contributed by atoms with Crippen LogP contribution in [0.2, 0.25) is 0 Å². The molecule has 1 heterocycles. The van der Waals surface area contributed by atoms with Crippen LogP contribution in [-0.2, 0) is 29.3 Å². The number of esters is 1. The number of hydrogen-bond donors (Lipinski definition) is 0. The van der Waals surface area contributed by atoms with Gasteiger partial charge >= 0.3 is 17.8 Å². The number of tetrazole rings is 1. The Kier molecular flexibility index (Phi) is 5.16. The molecule has 0 amide bonds. The molecule has 0 N–H and O–H groups in total. The van der Waals surface area contributed by atoms with Gasteiger partial charge in [0, 0.05) is 26.0 Å². The molecular formula is C17H15F3N4O4. The standard InChI is InChI=1S/C17H15F3N4O4/c1-23-16(27)24(22-21-23)9-10-7-11(17(18,19)20)5-6-14(10)15(26)28-13-4-2-3-12(25)8-13/h5-8H,2-4,9H2,1H3. The number of benzene rings is 1. The summed E-state index contributed by atoms with van der Waals surface area (Å²) in [5.41, 5.74) is -1.91. The predicted molar refractivity (Wildman–Crippen MR) is 88.2 cm³/mol. The predicted octanol–water partition coefficient (Wildman–Crippen LogP) is 1.84. The molecule has 8 nitrogen and oxygen atoms in total. The average Bonchev–Trinajstić information content (AvgIpc) is 2.93. The normalized spacial score (nSPS) is 14.7. The van der Waals surface area contributed by atoms with E-state index in [4.69, 9.17) is 4.74 Å². The first kappa shape index (κ1) is 19.5. The number of ether oxygens (including phenoxy) is 1. The molecule has 1 aromatic heterocycles. The maximum Gasteiger partial charge on any atom is 0.416 e. The van der Waals surface area contributed by atoms with Crippen LogP contribution >= 0.6 is 0 Å². The maximum absolute atomic E-state index is 13.1. The number of carbonyl (C=O) groups is 2. The van der Waals surface area contributed by atoms with Crippen molar-refractivity contribution in [3.63, 3.8) is 0 Å². The summed E-state index contributed by atoms with van der Waals surface area (Å²) in [6, 6.07) is 2.49. The summed E-state index contributed by atoms with van der Waals surface area (Å²) >= 11 is 0.